The summed E-state index contributed by atoms with van der Waals surface area (Å²) in [5.41, 5.74) is 5.99. The van der Waals surface area contributed by atoms with Crippen molar-refractivity contribution in [2.45, 2.75) is 57.8 Å². The second-order valence-electron chi connectivity index (χ2n) is 4.26. The molecule has 0 aromatic carbocycles. The monoisotopic (exact) mass is 225 g/mol. The van der Waals surface area contributed by atoms with Crippen LogP contribution in [-0.4, -0.2) is 22.3 Å². The summed E-state index contributed by atoms with van der Waals surface area (Å²) in [5, 5.41) is 3.84. The molecule has 5 nitrogen and oxygen atoms in total. The topological polar surface area (TPSA) is 74.2 Å². The van der Waals surface area contributed by atoms with Crippen LogP contribution in [0.3, 0.4) is 0 Å². The maximum atomic E-state index is 5.99. The number of hydrogen-bond acceptors (Lipinski definition) is 5. The molecule has 0 amide bonds. The van der Waals surface area contributed by atoms with Crippen LogP contribution in [0, 0.1) is 0 Å². The molecule has 1 heterocycles. The predicted molar refractivity (Wildman–Crippen MR) is 58.7 cm³/mol. The van der Waals surface area contributed by atoms with Gasteiger partial charge < -0.3 is 15.0 Å². The Bertz CT molecular complexity index is 327. The molecule has 1 fully saturated rings. The van der Waals surface area contributed by atoms with Gasteiger partial charge in [-0.3, -0.25) is 0 Å². The Morgan fingerprint density at radius 2 is 2.25 bits per heavy atom. The first-order valence-electron chi connectivity index (χ1n) is 5.98. The third kappa shape index (κ3) is 2.80. The third-order valence-electron chi connectivity index (χ3n) is 2.99. The van der Waals surface area contributed by atoms with E-state index in [0.29, 0.717) is 18.3 Å². The lowest BCUT2D eigenvalue weighted by Gasteiger charge is -2.27. The molecular formula is C11H19N3O2. The Morgan fingerprint density at radius 3 is 2.94 bits per heavy atom. The summed E-state index contributed by atoms with van der Waals surface area (Å²) in [4.78, 5) is 4.19. The van der Waals surface area contributed by atoms with Crippen LogP contribution in [0.1, 0.15) is 44.3 Å². The van der Waals surface area contributed by atoms with Crippen molar-refractivity contribution >= 4 is 0 Å². The van der Waals surface area contributed by atoms with Gasteiger partial charge in [0.05, 0.1) is 6.10 Å². The zero-order chi connectivity index (χ0) is 11.4. The Hall–Kier alpha value is -0.940. The highest BCUT2D eigenvalue weighted by Crippen LogP contribution is 2.20. The molecule has 2 rings (SSSR count). The quantitative estimate of drug-likeness (QED) is 0.838. The van der Waals surface area contributed by atoms with Crippen molar-refractivity contribution in [3.05, 3.63) is 11.7 Å². The fourth-order valence-corrected chi connectivity index (χ4v) is 2.01. The number of rotatable bonds is 4. The van der Waals surface area contributed by atoms with E-state index >= 15 is 0 Å². The van der Waals surface area contributed by atoms with Gasteiger partial charge in [0, 0.05) is 12.5 Å². The highest BCUT2D eigenvalue weighted by molar-refractivity contribution is 4.85. The van der Waals surface area contributed by atoms with E-state index in [1.165, 1.54) is 12.8 Å². The molecule has 0 spiro atoms. The van der Waals surface area contributed by atoms with Gasteiger partial charge in [0.2, 0.25) is 5.89 Å². The molecule has 0 aliphatic heterocycles. The maximum Gasteiger partial charge on any atom is 0.226 e. The molecule has 0 radical (unpaired) electrons. The van der Waals surface area contributed by atoms with Crippen LogP contribution in [0.2, 0.25) is 0 Å². The second-order valence-corrected chi connectivity index (χ2v) is 4.26. The smallest absolute Gasteiger partial charge is 0.226 e. The first kappa shape index (κ1) is 11.5. The molecule has 1 saturated carbocycles. The Balaban J connectivity index is 1.81. The molecule has 0 bridgehead atoms. The zero-order valence-corrected chi connectivity index (χ0v) is 9.69. The molecule has 1 aromatic heterocycles. The molecular weight excluding hydrogens is 206 g/mol. The number of ether oxygens (including phenoxy) is 1. The van der Waals surface area contributed by atoms with E-state index in [1.807, 2.05) is 6.92 Å². The van der Waals surface area contributed by atoms with E-state index in [4.69, 9.17) is 15.0 Å². The molecule has 1 aromatic rings. The minimum atomic E-state index is 0.150. The highest BCUT2D eigenvalue weighted by Gasteiger charge is 2.22. The number of hydrogen-bond donors (Lipinski definition) is 1. The Labute approximate surface area is 95.3 Å². The molecule has 2 atom stereocenters. The van der Waals surface area contributed by atoms with E-state index in [-0.39, 0.29) is 12.1 Å². The van der Waals surface area contributed by atoms with Gasteiger partial charge in [-0.15, -0.1) is 0 Å². The van der Waals surface area contributed by atoms with Crippen LogP contribution in [0.5, 0.6) is 0 Å². The largest absolute Gasteiger partial charge is 0.368 e. The van der Waals surface area contributed by atoms with E-state index in [1.54, 1.807) is 0 Å². The normalized spacial score (nSPS) is 25.9. The van der Waals surface area contributed by atoms with E-state index in [2.05, 4.69) is 10.1 Å². The maximum absolute atomic E-state index is 5.99. The standard InChI is InChI=1S/C11H19N3O2/c1-2-11-13-10(14-16-11)7-15-9-6-4-3-5-8(9)12/h8-9H,2-7,12H2,1H3. The molecule has 5 heteroatoms. The fourth-order valence-electron chi connectivity index (χ4n) is 2.01. The van der Waals surface area contributed by atoms with Crippen LogP contribution in [0.25, 0.3) is 0 Å². The lowest BCUT2D eigenvalue weighted by Crippen LogP contribution is -2.39. The lowest BCUT2D eigenvalue weighted by atomic mass is 9.93. The Morgan fingerprint density at radius 1 is 1.44 bits per heavy atom. The first-order chi connectivity index (χ1) is 7.79. The average Bonchev–Trinajstić information content (AvgIpc) is 2.76. The van der Waals surface area contributed by atoms with Gasteiger partial charge in [-0.1, -0.05) is 24.9 Å². The number of nitrogens with zero attached hydrogens (tertiary/aromatic N) is 2. The highest BCUT2D eigenvalue weighted by atomic mass is 16.5. The summed E-state index contributed by atoms with van der Waals surface area (Å²) in [6.45, 7) is 2.39. The summed E-state index contributed by atoms with van der Waals surface area (Å²) < 4.78 is 10.7. The van der Waals surface area contributed by atoms with Crippen LogP contribution < -0.4 is 5.73 Å². The molecule has 90 valence electrons. The molecule has 1 aliphatic carbocycles. The van der Waals surface area contributed by atoms with Crippen LogP contribution in [-0.2, 0) is 17.8 Å². The molecule has 0 saturated heterocycles. The van der Waals surface area contributed by atoms with E-state index in [9.17, 15) is 0 Å². The summed E-state index contributed by atoms with van der Waals surface area (Å²) >= 11 is 0. The van der Waals surface area contributed by atoms with Gasteiger partial charge in [0.15, 0.2) is 5.82 Å². The van der Waals surface area contributed by atoms with Crippen molar-refractivity contribution in [2.75, 3.05) is 0 Å². The summed E-state index contributed by atoms with van der Waals surface area (Å²) in [7, 11) is 0. The van der Waals surface area contributed by atoms with Crippen molar-refractivity contribution in [1.29, 1.82) is 0 Å². The number of nitrogens with two attached hydrogens (primary N) is 1. The number of aryl methyl sites for hydroxylation is 1. The van der Waals surface area contributed by atoms with Crippen LogP contribution in [0.15, 0.2) is 4.52 Å². The van der Waals surface area contributed by atoms with Gasteiger partial charge in [-0.05, 0) is 12.8 Å². The fraction of sp³-hybridized carbons (Fsp3) is 0.818. The second kappa shape index (κ2) is 5.41. The van der Waals surface area contributed by atoms with E-state index < -0.39 is 0 Å². The minimum absolute atomic E-state index is 0.150. The third-order valence-corrected chi connectivity index (χ3v) is 2.99. The summed E-state index contributed by atoms with van der Waals surface area (Å²) in [5.74, 6) is 1.28. The van der Waals surface area contributed by atoms with Crippen molar-refractivity contribution < 1.29 is 9.26 Å². The van der Waals surface area contributed by atoms with Crippen molar-refractivity contribution in [3.63, 3.8) is 0 Å². The lowest BCUT2D eigenvalue weighted by molar-refractivity contribution is 0.000285. The molecule has 1 aliphatic rings. The van der Waals surface area contributed by atoms with Crippen molar-refractivity contribution in [1.82, 2.24) is 10.1 Å². The minimum Gasteiger partial charge on any atom is -0.368 e. The van der Waals surface area contributed by atoms with Crippen LogP contribution in [0.4, 0.5) is 0 Å². The summed E-state index contributed by atoms with van der Waals surface area (Å²) in [6, 6.07) is 0.159. The zero-order valence-electron chi connectivity index (χ0n) is 9.69. The predicted octanol–water partition coefficient (Wildman–Crippen LogP) is 1.42. The number of aromatic nitrogens is 2. The van der Waals surface area contributed by atoms with Crippen LogP contribution >= 0.6 is 0 Å². The molecule has 2 N–H and O–H groups in total. The van der Waals surface area contributed by atoms with Crippen molar-refractivity contribution in [2.24, 2.45) is 5.73 Å². The first-order valence-corrected chi connectivity index (χ1v) is 5.98. The van der Waals surface area contributed by atoms with Gasteiger partial charge in [0.25, 0.3) is 0 Å². The van der Waals surface area contributed by atoms with Gasteiger partial charge in [0.1, 0.15) is 6.61 Å². The molecule has 2 unspecified atom stereocenters. The molecule has 16 heavy (non-hydrogen) atoms. The van der Waals surface area contributed by atoms with Crippen molar-refractivity contribution in [3.8, 4) is 0 Å². The van der Waals surface area contributed by atoms with E-state index in [0.717, 1.165) is 19.3 Å². The average molecular weight is 225 g/mol. The SMILES string of the molecule is CCc1nc(COC2CCCCC2N)no1. The van der Waals surface area contributed by atoms with Gasteiger partial charge in [-0.2, -0.15) is 4.98 Å². The van der Waals surface area contributed by atoms with Gasteiger partial charge >= 0.3 is 0 Å². The van der Waals surface area contributed by atoms with Gasteiger partial charge in [-0.25, -0.2) is 0 Å². The Kier molecular flexibility index (Phi) is 3.90. The summed E-state index contributed by atoms with van der Waals surface area (Å²) in [6.07, 6.45) is 5.41.